The van der Waals surface area contributed by atoms with Gasteiger partial charge in [0.2, 0.25) is 0 Å². The van der Waals surface area contributed by atoms with Crippen molar-refractivity contribution in [1.29, 1.82) is 5.26 Å². The van der Waals surface area contributed by atoms with E-state index in [-0.39, 0.29) is 17.5 Å². The number of nitriles is 1. The maximum Gasteiger partial charge on any atom is 0.262 e. The number of hydrogen-bond donors (Lipinski definition) is 1. The van der Waals surface area contributed by atoms with Crippen molar-refractivity contribution in [3.05, 3.63) is 41.0 Å². The molecule has 3 heteroatoms. The number of aryl methyl sites for hydroxylation is 1. The predicted molar refractivity (Wildman–Crippen MR) is 84.3 cm³/mol. The van der Waals surface area contributed by atoms with E-state index in [1.807, 2.05) is 37.3 Å². The summed E-state index contributed by atoms with van der Waals surface area (Å²) >= 11 is 0. The summed E-state index contributed by atoms with van der Waals surface area (Å²) in [5.74, 6) is 0.235. The van der Waals surface area contributed by atoms with Gasteiger partial charge in [-0.2, -0.15) is 5.26 Å². The molecular weight excluding hydrogens is 260 g/mol. The number of rotatable bonds is 3. The average Bonchev–Trinajstić information content (AvgIpc) is 2.49. The quantitative estimate of drug-likeness (QED) is 0.680. The van der Waals surface area contributed by atoms with Crippen LogP contribution < -0.4 is 5.32 Å². The molecule has 1 aromatic rings. The van der Waals surface area contributed by atoms with E-state index in [1.54, 1.807) is 6.08 Å². The van der Waals surface area contributed by atoms with Crippen LogP contribution in [0.1, 0.15) is 43.7 Å². The van der Waals surface area contributed by atoms with Crippen molar-refractivity contribution in [2.45, 2.75) is 45.6 Å². The molecule has 0 aliphatic heterocycles. The molecule has 1 aliphatic carbocycles. The van der Waals surface area contributed by atoms with Gasteiger partial charge in [-0.15, -0.1) is 0 Å². The van der Waals surface area contributed by atoms with Crippen molar-refractivity contribution in [1.82, 2.24) is 5.32 Å². The van der Waals surface area contributed by atoms with Crippen molar-refractivity contribution in [2.24, 2.45) is 5.92 Å². The van der Waals surface area contributed by atoms with Gasteiger partial charge >= 0.3 is 0 Å². The SMILES string of the molecule is Cc1ccc(/C=C(\C#N)C(=O)N[C@H]2CCCC[C@H]2C)cc1. The highest BCUT2D eigenvalue weighted by Gasteiger charge is 2.23. The van der Waals surface area contributed by atoms with Gasteiger partial charge in [-0.3, -0.25) is 4.79 Å². The monoisotopic (exact) mass is 282 g/mol. The molecule has 1 saturated carbocycles. The lowest BCUT2D eigenvalue weighted by Crippen LogP contribution is -2.41. The minimum absolute atomic E-state index is 0.177. The number of hydrogen-bond acceptors (Lipinski definition) is 2. The van der Waals surface area contributed by atoms with Gasteiger partial charge < -0.3 is 5.32 Å². The summed E-state index contributed by atoms with van der Waals surface area (Å²) in [6.45, 7) is 4.18. The average molecular weight is 282 g/mol. The molecular formula is C18H22N2O. The lowest BCUT2D eigenvalue weighted by Gasteiger charge is -2.29. The second kappa shape index (κ2) is 7.08. The van der Waals surface area contributed by atoms with E-state index in [2.05, 4.69) is 12.2 Å². The summed E-state index contributed by atoms with van der Waals surface area (Å²) in [5, 5.41) is 12.3. The summed E-state index contributed by atoms with van der Waals surface area (Å²) in [7, 11) is 0. The van der Waals surface area contributed by atoms with Crippen LogP contribution in [-0.4, -0.2) is 11.9 Å². The Morgan fingerprint density at radius 1 is 1.29 bits per heavy atom. The van der Waals surface area contributed by atoms with E-state index < -0.39 is 0 Å². The Labute approximate surface area is 126 Å². The number of carbonyl (C=O) groups excluding carboxylic acids is 1. The molecule has 0 bridgehead atoms. The van der Waals surface area contributed by atoms with Gasteiger partial charge in [0.1, 0.15) is 11.6 Å². The van der Waals surface area contributed by atoms with Crippen LogP contribution in [0.2, 0.25) is 0 Å². The zero-order valence-electron chi connectivity index (χ0n) is 12.7. The molecule has 3 nitrogen and oxygen atoms in total. The van der Waals surface area contributed by atoms with Gasteiger partial charge in [0, 0.05) is 6.04 Å². The summed E-state index contributed by atoms with van der Waals surface area (Å²) < 4.78 is 0. The van der Waals surface area contributed by atoms with Crippen LogP contribution in [-0.2, 0) is 4.79 Å². The largest absolute Gasteiger partial charge is 0.348 e. The third-order valence-corrected chi connectivity index (χ3v) is 4.18. The minimum atomic E-state index is -0.253. The van der Waals surface area contributed by atoms with Gasteiger partial charge in [-0.1, -0.05) is 49.6 Å². The molecule has 0 aromatic heterocycles. The second-order valence-electron chi connectivity index (χ2n) is 5.92. The van der Waals surface area contributed by atoms with Crippen molar-refractivity contribution >= 4 is 12.0 Å². The molecule has 2 rings (SSSR count). The van der Waals surface area contributed by atoms with Crippen LogP contribution in [0.25, 0.3) is 6.08 Å². The van der Waals surface area contributed by atoms with E-state index in [0.29, 0.717) is 5.92 Å². The van der Waals surface area contributed by atoms with Crippen molar-refractivity contribution in [2.75, 3.05) is 0 Å². The molecule has 21 heavy (non-hydrogen) atoms. The van der Waals surface area contributed by atoms with Crippen LogP contribution in [0.3, 0.4) is 0 Å². The van der Waals surface area contributed by atoms with E-state index in [9.17, 15) is 10.1 Å². The highest BCUT2D eigenvalue weighted by molar-refractivity contribution is 6.01. The number of nitrogens with zero attached hydrogens (tertiary/aromatic N) is 1. The molecule has 2 atom stereocenters. The third-order valence-electron chi connectivity index (χ3n) is 4.18. The molecule has 0 heterocycles. The summed E-state index contributed by atoms with van der Waals surface area (Å²) in [5.41, 5.74) is 2.21. The fourth-order valence-electron chi connectivity index (χ4n) is 2.75. The molecule has 0 spiro atoms. The fourth-order valence-corrected chi connectivity index (χ4v) is 2.75. The lowest BCUT2D eigenvalue weighted by atomic mass is 9.86. The number of carbonyl (C=O) groups is 1. The van der Waals surface area contributed by atoms with E-state index in [4.69, 9.17) is 0 Å². The molecule has 1 fully saturated rings. The van der Waals surface area contributed by atoms with Gasteiger partial charge in [0.15, 0.2) is 0 Å². The van der Waals surface area contributed by atoms with Crippen LogP contribution >= 0.6 is 0 Å². The van der Waals surface area contributed by atoms with Gasteiger partial charge in [0.25, 0.3) is 5.91 Å². The Hall–Kier alpha value is -2.08. The molecule has 0 saturated heterocycles. The molecule has 0 radical (unpaired) electrons. The Bertz CT molecular complexity index is 566. The van der Waals surface area contributed by atoms with E-state index in [0.717, 1.165) is 30.4 Å². The Balaban J connectivity index is 2.08. The first-order chi connectivity index (χ1) is 10.1. The normalized spacial score (nSPS) is 22.4. The first-order valence-corrected chi connectivity index (χ1v) is 7.59. The first-order valence-electron chi connectivity index (χ1n) is 7.59. The van der Waals surface area contributed by atoms with Gasteiger partial charge in [0.05, 0.1) is 0 Å². The smallest absolute Gasteiger partial charge is 0.262 e. The minimum Gasteiger partial charge on any atom is -0.348 e. The molecule has 1 aromatic carbocycles. The van der Waals surface area contributed by atoms with Crippen molar-refractivity contribution in [3.63, 3.8) is 0 Å². The molecule has 1 N–H and O–H groups in total. The Morgan fingerprint density at radius 3 is 2.57 bits per heavy atom. The van der Waals surface area contributed by atoms with Crippen LogP contribution in [0.15, 0.2) is 29.8 Å². The van der Waals surface area contributed by atoms with Gasteiger partial charge in [-0.05, 0) is 37.3 Å². The Kier molecular flexibility index (Phi) is 5.16. The third kappa shape index (κ3) is 4.19. The standard InChI is InChI=1S/C18H22N2O/c1-13-7-9-15(10-8-13)11-16(12-19)18(21)20-17-6-4-3-5-14(17)2/h7-11,14,17H,3-6H2,1-2H3,(H,20,21)/b16-11+/t14-,17+/m1/s1. The lowest BCUT2D eigenvalue weighted by molar-refractivity contribution is -0.118. The van der Waals surface area contributed by atoms with Crippen molar-refractivity contribution < 1.29 is 4.79 Å². The zero-order valence-corrected chi connectivity index (χ0v) is 12.7. The highest BCUT2D eigenvalue weighted by atomic mass is 16.1. The molecule has 1 amide bonds. The van der Waals surface area contributed by atoms with E-state index in [1.165, 1.54) is 6.42 Å². The first kappa shape index (κ1) is 15.3. The molecule has 1 aliphatic rings. The summed E-state index contributed by atoms with van der Waals surface area (Å²) in [6, 6.07) is 10.0. The zero-order chi connectivity index (χ0) is 15.2. The van der Waals surface area contributed by atoms with Crippen LogP contribution in [0.4, 0.5) is 0 Å². The van der Waals surface area contributed by atoms with Gasteiger partial charge in [-0.25, -0.2) is 0 Å². The van der Waals surface area contributed by atoms with Crippen LogP contribution in [0, 0.1) is 24.2 Å². The maximum atomic E-state index is 12.3. The second-order valence-corrected chi connectivity index (χ2v) is 5.92. The summed E-state index contributed by atoms with van der Waals surface area (Å²) in [6.07, 6.45) is 6.20. The van der Waals surface area contributed by atoms with E-state index >= 15 is 0 Å². The fraction of sp³-hybridized carbons (Fsp3) is 0.444. The number of nitrogens with one attached hydrogen (secondary N) is 1. The maximum absolute atomic E-state index is 12.3. The molecule has 0 unspecified atom stereocenters. The number of amides is 1. The van der Waals surface area contributed by atoms with Crippen molar-refractivity contribution in [3.8, 4) is 6.07 Å². The number of benzene rings is 1. The predicted octanol–water partition coefficient (Wildman–Crippen LogP) is 3.60. The molecule has 110 valence electrons. The Morgan fingerprint density at radius 2 is 1.95 bits per heavy atom. The summed E-state index contributed by atoms with van der Waals surface area (Å²) in [4.78, 5) is 12.3. The highest BCUT2D eigenvalue weighted by Crippen LogP contribution is 2.24. The topological polar surface area (TPSA) is 52.9 Å². The van der Waals surface area contributed by atoms with Crippen LogP contribution in [0.5, 0.6) is 0 Å².